The second-order valence-corrected chi connectivity index (χ2v) is 7.07. The summed E-state index contributed by atoms with van der Waals surface area (Å²) in [6.07, 6.45) is 3.30. The maximum atomic E-state index is 12.7. The number of ether oxygens (including phenoxy) is 1. The zero-order chi connectivity index (χ0) is 18.1. The van der Waals surface area contributed by atoms with E-state index >= 15 is 0 Å². The summed E-state index contributed by atoms with van der Waals surface area (Å²) in [6, 6.07) is 9.59. The van der Waals surface area contributed by atoms with Crippen molar-refractivity contribution >= 4 is 33.4 Å². The molecule has 0 saturated heterocycles. The molecule has 2 heterocycles. The zero-order valence-corrected chi connectivity index (χ0v) is 15.0. The SMILES string of the molecule is COC(=O)C(=O)N(Cc1ccc2scnc2c1)C1CCc2cccnc21. The summed E-state index contributed by atoms with van der Waals surface area (Å²) in [5, 5.41) is 0. The Labute approximate surface area is 154 Å². The molecule has 0 bridgehead atoms. The van der Waals surface area contributed by atoms with Crippen molar-refractivity contribution in [2.24, 2.45) is 0 Å². The molecule has 7 heteroatoms. The highest BCUT2D eigenvalue weighted by atomic mass is 32.1. The molecule has 132 valence electrons. The van der Waals surface area contributed by atoms with Crippen LogP contribution >= 0.6 is 11.3 Å². The molecule has 26 heavy (non-hydrogen) atoms. The van der Waals surface area contributed by atoms with Crippen molar-refractivity contribution in [3.05, 3.63) is 58.9 Å². The molecule has 1 atom stereocenters. The van der Waals surface area contributed by atoms with Gasteiger partial charge in [0.1, 0.15) is 0 Å². The highest BCUT2D eigenvalue weighted by molar-refractivity contribution is 7.16. The fourth-order valence-corrected chi connectivity index (χ4v) is 4.08. The van der Waals surface area contributed by atoms with E-state index in [2.05, 4.69) is 14.7 Å². The van der Waals surface area contributed by atoms with Gasteiger partial charge in [0.05, 0.1) is 34.6 Å². The van der Waals surface area contributed by atoms with E-state index in [0.717, 1.165) is 39.9 Å². The molecule has 0 spiro atoms. The number of carbonyl (C=O) groups is 2. The number of hydrogen-bond donors (Lipinski definition) is 0. The number of methoxy groups -OCH3 is 1. The van der Waals surface area contributed by atoms with E-state index in [1.54, 1.807) is 27.9 Å². The molecular formula is C19H17N3O3S. The number of fused-ring (bicyclic) bond motifs is 2. The Morgan fingerprint density at radius 1 is 1.31 bits per heavy atom. The summed E-state index contributed by atoms with van der Waals surface area (Å²) in [6.45, 7) is 0.308. The van der Waals surface area contributed by atoms with Crippen LogP contribution in [-0.4, -0.2) is 33.9 Å². The van der Waals surface area contributed by atoms with Crippen molar-refractivity contribution in [2.45, 2.75) is 25.4 Å². The second kappa shape index (κ2) is 6.84. The first-order valence-corrected chi connectivity index (χ1v) is 9.20. The van der Waals surface area contributed by atoms with Crippen molar-refractivity contribution in [1.29, 1.82) is 0 Å². The predicted molar refractivity (Wildman–Crippen MR) is 97.5 cm³/mol. The average molecular weight is 367 g/mol. The van der Waals surface area contributed by atoms with Crippen LogP contribution in [-0.2, 0) is 27.3 Å². The van der Waals surface area contributed by atoms with Crippen LogP contribution in [0.1, 0.15) is 29.3 Å². The predicted octanol–water partition coefficient (Wildman–Crippen LogP) is 2.88. The van der Waals surface area contributed by atoms with Crippen molar-refractivity contribution in [2.75, 3.05) is 7.11 Å². The van der Waals surface area contributed by atoms with Gasteiger partial charge in [-0.1, -0.05) is 12.1 Å². The van der Waals surface area contributed by atoms with Crippen molar-refractivity contribution in [3.8, 4) is 0 Å². The van der Waals surface area contributed by atoms with E-state index in [1.165, 1.54) is 7.11 Å². The Morgan fingerprint density at radius 3 is 3.04 bits per heavy atom. The summed E-state index contributed by atoms with van der Waals surface area (Å²) in [5.74, 6) is -1.50. The van der Waals surface area contributed by atoms with Crippen LogP contribution in [0.5, 0.6) is 0 Å². The minimum absolute atomic E-state index is 0.232. The van der Waals surface area contributed by atoms with E-state index < -0.39 is 11.9 Å². The van der Waals surface area contributed by atoms with Crippen LogP contribution in [0, 0.1) is 0 Å². The van der Waals surface area contributed by atoms with E-state index in [-0.39, 0.29) is 6.04 Å². The van der Waals surface area contributed by atoms with Gasteiger partial charge < -0.3 is 9.64 Å². The van der Waals surface area contributed by atoms with Gasteiger partial charge in [-0.05, 0) is 42.2 Å². The smallest absolute Gasteiger partial charge is 0.396 e. The maximum absolute atomic E-state index is 12.7. The highest BCUT2D eigenvalue weighted by Crippen LogP contribution is 2.35. The van der Waals surface area contributed by atoms with Crippen molar-refractivity contribution in [3.63, 3.8) is 0 Å². The van der Waals surface area contributed by atoms with Gasteiger partial charge in [0.15, 0.2) is 0 Å². The number of aromatic nitrogens is 2. The molecule has 2 aromatic heterocycles. The molecule has 6 nitrogen and oxygen atoms in total. The molecule has 0 N–H and O–H groups in total. The Kier molecular flexibility index (Phi) is 4.38. The molecule has 0 fully saturated rings. The number of amides is 1. The number of nitrogens with zero attached hydrogens (tertiary/aromatic N) is 3. The van der Waals surface area contributed by atoms with E-state index in [0.29, 0.717) is 6.54 Å². The monoisotopic (exact) mass is 367 g/mol. The van der Waals surface area contributed by atoms with E-state index in [1.807, 2.05) is 30.3 Å². The maximum Gasteiger partial charge on any atom is 0.396 e. The van der Waals surface area contributed by atoms with Crippen LogP contribution in [0.3, 0.4) is 0 Å². The van der Waals surface area contributed by atoms with Gasteiger partial charge in [-0.15, -0.1) is 11.3 Å². The molecule has 0 saturated carbocycles. The minimum atomic E-state index is -0.857. The van der Waals surface area contributed by atoms with Gasteiger partial charge in [0.2, 0.25) is 0 Å². The number of benzene rings is 1. The average Bonchev–Trinajstić information content (AvgIpc) is 3.31. The number of rotatable bonds is 3. The quantitative estimate of drug-likeness (QED) is 0.526. The summed E-state index contributed by atoms with van der Waals surface area (Å²) in [7, 11) is 1.22. The number of carbonyl (C=O) groups excluding carboxylic acids is 2. The minimum Gasteiger partial charge on any atom is -0.462 e. The van der Waals surface area contributed by atoms with E-state index in [4.69, 9.17) is 0 Å². The topological polar surface area (TPSA) is 72.4 Å². The Hall–Kier alpha value is -2.80. The summed E-state index contributed by atoms with van der Waals surface area (Å²) in [5.41, 5.74) is 5.59. The van der Waals surface area contributed by atoms with Gasteiger partial charge in [-0.25, -0.2) is 9.78 Å². The normalized spacial score (nSPS) is 15.7. The molecule has 4 rings (SSSR count). The summed E-state index contributed by atoms with van der Waals surface area (Å²) < 4.78 is 5.77. The van der Waals surface area contributed by atoms with Crippen LogP contribution in [0.15, 0.2) is 42.0 Å². The van der Waals surface area contributed by atoms with Crippen molar-refractivity contribution in [1.82, 2.24) is 14.9 Å². The number of hydrogen-bond acceptors (Lipinski definition) is 6. The highest BCUT2D eigenvalue weighted by Gasteiger charge is 2.35. The molecule has 1 unspecified atom stereocenters. The fourth-order valence-electron chi connectivity index (χ4n) is 3.42. The van der Waals surface area contributed by atoms with Crippen LogP contribution < -0.4 is 0 Å². The number of pyridine rings is 1. The molecular weight excluding hydrogens is 350 g/mol. The van der Waals surface area contributed by atoms with Crippen molar-refractivity contribution < 1.29 is 14.3 Å². The lowest BCUT2D eigenvalue weighted by molar-refractivity contribution is -0.160. The lowest BCUT2D eigenvalue weighted by atomic mass is 10.1. The van der Waals surface area contributed by atoms with Crippen LogP contribution in [0.25, 0.3) is 10.2 Å². The largest absolute Gasteiger partial charge is 0.462 e. The lowest BCUT2D eigenvalue weighted by Crippen LogP contribution is -2.39. The van der Waals surface area contributed by atoms with Crippen LogP contribution in [0.4, 0.5) is 0 Å². The third-order valence-electron chi connectivity index (χ3n) is 4.67. The molecule has 0 aliphatic heterocycles. The van der Waals surface area contributed by atoms with Gasteiger partial charge in [0.25, 0.3) is 0 Å². The first kappa shape index (κ1) is 16.7. The Balaban J connectivity index is 1.69. The van der Waals surface area contributed by atoms with Gasteiger partial charge in [0, 0.05) is 12.7 Å². The standard InChI is InChI=1S/C19H17N3O3S/c1-25-19(24)18(23)22(15-6-5-13-3-2-8-20-17(13)15)10-12-4-7-16-14(9-12)21-11-26-16/h2-4,7-9,11,15H,5-6,10H2,1H3. The molecule has 0 radical (unpaired) electrons. The molecule has 1 aliphatic carbocycles. The van der Waals surface area contributed by atoms with Gasteiger partial charge >= 0.3 is 11.9 Å². The Bertz CT molecular complexity index is 985. The summed E-state index contributed by atoms with van der Waals surface area (Å²) in [4.78, 5) is 35.0. The van der Waals surface area contributed by atoms with Gasteiger partial charge in [-0.3, -0.25) is 9.78 Å². The zero-order valence-electron chi connectivity index (χ0n) is 14.2. The number of thiazole rings is 1. The fraction of sp³-hybridized carbons (Fsp3) is 0.263. The second-order valence-electron chi connectivity index (χ2n) is 6.18. The first-order valence-electron chi connectivity index (χ1n) is 8.32. The number of esters is 1. The Morgan fingerprint density at radius 2 is 2.19 bits per heavy atom. The molecule has 3 aromatic rings. The third-order valence-corrected chi connectivity index (χ3v) is 5.48. The lowest BCUT2D eigenvalue weighted by Gasteiger charge is -2.28. The third kappa shape index (κ3) is 2.94. The van der Waals surface area contributed by atoms with E-state index in [9.17, 15) is 9.59 Å². The van der Waals surface area contributed by atoms with Gasteiger partial charge in [-0.2, -0.15) is 0 Å². The first-order chi connectivity index (χ1) is 12.7. The van der Waals surface area contributed by atoms with Crippen LogP contribution in [0.2, 0.25) is 0 Å². The number of aryl methyl sites for hydroxylation is 1. The molecule has 1 amide bonds. The molecule has 1 aromatic carbocycles. The summed E-state index contributed by atoms with van der Waals surface area (Å²) >= 11 is 1.57. The molecule has 1 aliphatic rings.